The van der Waals surface area contributed by atoms with Gasteiger partial charge in [0, 0.05) is 5.02 Å². The van der Waals surface area contributed by atoms with Gasteiger partial charge in [-0.05, 0) is 49.2 Å². The van der Waals surface area contributed by atoms with E-state index in [9.17, 15) is 4.79 Å². The molecule has 146 valence electrons. The van der Waals surface area contributed by atoms with Crippen LogP contribution in [-0.4, -0.2) is 21.9 Å². The van der Waals surface area contributed by atoms with E-state index in [0.717, 1.165) is 16.9 Å². The Balaban J connectivity index is 1.45. The van der Waals surface area contributed by atoms with Crippen LogP contribution in [0.15, 0.2) is 58.2 Å². The summed E-state index contributed by atoms with van der Waals surface area (Å²) < 4.78 is 11.1. The van der Waals surface area contributed by atoms with Crippen molar-refractivity contribution in [1.29, 1.82) is 0 Å². The number of hydrogen-bond donors (Lipinski definition) is 1. The fourth-order valence-electron chi connectivity index (χ4n) is 2.47. The van der Waals surface area contributed by atoms with Crippen LogP contribution in [0.25, 0.3) is 0 Å². The van der Waals surface area contributed by atoms with Gasteiger partial charge in [0.1, 0.15) is 5.75 Å². The smallest absolute Gasteiger partial charge is 0.277 e. The van der Waals surface area contributed by atoms with Gasteiger partial charge in [-0.25, -0.2) is 0 Å². The summed E-state index contributed by atoms with van der Waals surface area (Å²) >= 11 is 7.17. The molecule has 3 rings (SSSR count). The van der Waals surface area contributed by atoms with Crippen LogP contribution in [0.2, 0.25) is 5.02 Å². The van der Waals surface area contributed by atoms with Gasteiger partial charge in [-0.15, -0.1) is 10.2 Å². The van der Waals surface area contributed by atoms with E-state index in [-0.39, 0.29) is 24.3 Å². The molecule has 6 nitrogen and oxygen atoms in total. The first-order valence-corrected chi connectivity index (χ1v) is 10.1. The number of carbonyl (C=O) groups is 1. The van der Waals surface area contributed by atoms with Crippen molar-refractivity contribution < 1.29 is 13.9 Å². The molecule has 0 aliphatic carbocycles. The van der Waals surface area contributed by atoms with Gasteiger partial charge < -0.3 is 14.5 Å². The number of thioether (sulfide) groups is 1. The van der Waals surface area contributed by atoms with Crippen molar-refractivity contribution >= 4 is 29.3 Å². The maximum absolute atomic E-state index is 12.2. The number of nitrogens with zero attached hydrogens (tertiary/aromatic N) is 2. The van der Waals surface area contributed by atoms with Gasteiger partial charge in [0.15, 0.2) is 6.61 Å². The van der Waals surface area contributed by atoms with E-state index < -0.39 is 0 Å². The number of nitrogens with one attached hydrogen (secondary N) is 1. The summed E-state index contributed by atoms with van der Waals surface area (Å²) in [6, 6.07) is 15.0. The summed E-state index contributed by atoms with van der Waals surface area (Å²) in [7, 11) is 0. The number of rotatable bonds is 8. The molecule has 0 aliphatic heterocycles. The van der Waals surface area contributed by atoms with Gasteiger partial charge in [0.2, 0.25) is 5.91 Å². The fourth-order valence-corrected chi connectivity index (χ4v) is 3.27. The lowest BCUT2D eigenvalue weighted by Crippen LogP contribution is -2.28. The lowest BCUT2D eigenvalue weighted by atomic mass is 10.1. The number of halogens is 1. The van der Waals surface area contributed by atoms with E-state index >= 15 is 0 Å². The molecule has 0 spiro atoms. The van der Waals surface area contributed by atoms with Crippen LogP contribution in [0.5, 0.6) is 5.75 Å². The molecular formula is C20H20ClN3O3S. The Morgan fingerprint density at radius 3 is 2.86 bits per heavy atom. The molecular weight excluding hydrogens is 398 g/mol. The standard InChI is InChI=1S/C20H20ClN3O3S/c1-13-5-3-8-17(9-13)26-11-19-23-24-20(27-19)28-12-18(25)22-14(2)15-6-4-7-16(21)10-15/h3-10,14H,11-12H2,1-2H3,(H,22,25)/t14-/m1/s1. The highest BCUT2D eigenvalue weighted by Gasteiger charge is 2.13. The zero-order valence-electron chi connectivity index (χ0n) is 15.5. The Hall–Kier alpha value is -2.51. The van der Waals surface area contributed by atoms with E-state index in [1.165, 1.54) is 11.8 Å². The first-order chi connectivity index (χ1) is 13.5. The molecule has 0 radical (unpaired) electrons. The van der Waals surface area contributed by atoms with E-state index in [1.807, 2.05) is 56.3 Å². The third kappa shape index (κ3) is 6.00. The number of carbonyl (C=O) groups excluding carboxylic acids is 1. The highest BCUT2D eigenvalue weighted by Crippen LogP contribution is 2.20. The topological polar surface area (TPSA) is 77.2 Å². The highest BCUT2D eigenvalue weighted by atomic mass is 35.5. The van der Waals surface area contributed by atoms with E-state index in [1.54, 1.807) is 6.07 Å². The monoisotopic (exact) mass is 417 g/mol. The predicted molar refractivity (Wildman–Crippen MR) is 109 cm³/mol. The maximum atomic E-state index is 12.2. The number of ether oxygens (including phenoxy) is 1. The second-order valence-electron chi connectivity index (χ2n) is 6.20. The molecule has 0 aliphatic rings. The molecule has 0 saturated heterocycles. The summed E-state index contributed by atoms with van der Waals surface area (Å²) in [5.41, 5.74) is 2.05. The minimum atomic E-state index is -0.146. The lowest BCUT2D eigenvalue weighted by molar-refractivity contribution is -0.119. The molecule has 2 aromatic carbocycles. The van der Waals surface area contributed by atoms with E-state index in [0.29, 0.717) is 16.1 Å². The van der Waals surface area contributed by atoms with Crippen molar-refractivity contribution in [2.75, 3.05) is 5.75 Å². The SMILES string of the molecule is Cc1cccc(OCc2nnc(SCC(=O)N[C@H](C)c3cccc(Cl)c3)o2)c1. The molecule has 1 aromatic heterocycles. The second kappa shape index (κ2) is 9.61. The first kappa shape index (κ1) is 20.2. The van der Waals surface area contributed by atoms with Gasteiger partial charge in [-0.3, -0.25) is 4.79 Å². The van der Waals surface area contributed by atoms with Crippen LogP contribution in [-0.2, 0) is 11.4 Å². The van der Waals surface area contributed by atoms with Gasteiger partial charge in [-0.1, -0.05) is 47.6 Å². The molecule has 1 amide bonds. The summed E-state index contributed by atoms with van der Waals surface area (Å²) in [5, 5.41) is 11.8. The van der Waals surface area contributed by atoms with Gasteiger partial charge in [-0.2, -0.15) is 0 Å². The quantitative estimate of drug-likeness (QED) is 0.540. The number of aromatic nitrogens is 2. The molecule has 1 heterocycles. The molecule has 0 unspecified atom stereocenters. The van der Waals surface area contributed by atoms with Gasteiger partial charge in [0.05, 0.1) is 11.8 Å². The Morgan fingerprint density at radius 1 is 1.25 bits per heavy atom. The number of hydrogen-bond acceptors (Lipinski definition) is 6. The van der Waals surface area contributed by atoms with Crippen molar-refractivity contribution in [2.24, 2.45) is 0 Å². The summed E-state index contributed by atoms with van der Waals surface area (Å²) in [6.45, 7) is 4.07. The van der Waals surface area contributed by atoms with Crippen LogP contribution in [0, 0.1) is 6.92 Å². The van der Waals surface area contributed by atoms with E-state index in [2.05, 4.69) is 15.5 Å². The number of benzene rings is 2. The molecule has 0 bridgehead atoms. The molecule has 1 atom stereocenters. The zero-order valence-corrected chi connectivity index (χ0v) is 17.1. The molecule has 8 heteroatoms. The van der Waals surface area contributed by atoms with Crippen molar-refractivity contribution in [3.8, 4) is 5.75 Å². The average Bonchev–Trinajstić information content (AvgIpc) is 3.13. The zero-order chi connectivity index (χ0) is 19.9. The fraction of sp³-hybridized carbons (Fsp3) is 0.250. The van der Waals surface area contributed by atoms with Crippen LogP contribution in [0.4, 0.5) is 0 Å². The van der Waals surface area contributed by atoms with E-state index in [4.69, 9.17) is 20.8 Å². The summed E-state index contributed by atoms with van der Waals surface area (Å²) in [6.07, 6.45) is 0. The van der Waals surface area contributed by atoms with Crippen molar-refractivity contribution in [1.82, 2.24) is 15.5 Å². The maximum Gasteiger partial charge on any atom is 0.277 e. The van der Waals surface area contributed by atoms with Crippen LogP contribution in [0.1, 0.15) is 30.0 Å². The Bertz CT molecular complexity index is 948. The second-order valence-corrected chi connectivity index (χ2v) is 7.56. The van der Waals surface area contributed by atoms with Crippen molar-refractivity contribution in [3.63, 3.8) is 0 Å². The molecule has 1 N–H and O–H groups in total. The predicted octanol–water partition coefficient (Wildman–Crippen LogP) is 4.58. The molecule has 3 aromatic rings. The van der Waals surface area contributed by atoms with Crippen LogP contribution in [0.3, 0.4) is 0 Å². The minimum absolute atomic E-state index is 0.131. The highest BCUT2D eigenvalue weighted by molar-refractivity contribution is 7.99. The molecule has 0 fully saturated rings. The van der Waals surface area contributed by atoms with Crippen molar-refractivity contribution in [3.05, 3.63) is 70.6 Å². The molecule has 0 saturated carbocycles. The normalized spacial score (nSPS) is 11.8. The largest absolute Gasteiger partial charge is 0.484 e. The first-order valence-electron chi connectivity index (χ1n) is 8.69. The van der Waals surface area contributed by atoms with Crippen molar-refractivity contribution in [2.45, 2.75) is 31.7 Å². The van der Waals surface area contributed by atoms with Crippen LogP contribution >= 0.6 is 23.4 Å². The average molecular weight is 418 g/mol. The Labute approximate surface area is 172 Å². The lowest BCUT2D eigenvalue weighted by Gasteiger charge is -2.14. The number of amides is 1. The third-order valence-corrected chi connectivity index (χ3v) is 4.91. The number of aryl methyl sites for hydroxylation is 1. The van der Waals surface area contributed by atoms with Crippen LogP contribution < -0.4 is 10.1 Å². The Kier molecular flexibility index (Phi) is 6.95. The van der Waals surface area contributed by atoms with Gasteiger partial charge in [0.25, 0.3) is 11.1 Å². The summed E-state index contributed by atoms with van der Waals surface area (Å²) in [4.78, 5) is 12.2. The third-order valence-electron chi connectivity index (χ3n) is 3.85. The van der Waals surface area contributed by atoms with Gasteiger partial charge >= 0.3 is 0 Å². The summed E-state index contributed by atoms with van der Waals surface area (Å²) in [5.74, 6) is 1.14. The Morgan fingerprint density at radius 2 is 2.07 bits per heavy atom. The minimum Gasteiger partial charge on any atom is -0.484 e. The molecule has 28 heavy (non-hydrogen) atoms.